The molecule has 3 heterocycles. The van der Waals surface area contributed by atoms with Crippen LogP contribution in [-0.2, 0) is 23.1 Å². The van der Waals surface area contributed by atoms with Crippen molar-refractivity contribution in [2.45, 2.75) is 31.2 Å². The largest absolute Gasteiger partial charge is 0.502 e. The fourth-order valence-electron chi connectivity index (χ4n) is 7.20. The zero-order valence-electron chi connectivity index (χ0n) is 20.7. The van der Waals surface area contributed by atoms with E-state index >= 15 is 4.39 Å². The van der Waals surface area contributed by atoms with Crippen LogP contribution >= 0.6 is 0 Å². The van der Waals surface area contributed by atoms with Gasteiger partial charge in [0.25, 0.3) is 5.91 Å². The van der Waals surface area contributed by atoms with Gasteiger partial charge in [-0.3, -0.25) is 19.3 Å². The molecule has 1 N–H and O–H groups in total. The van der Waals surface area contributed by atoms with Gasteiger partial charge in [-0.25, -0.2) is 8.78 Å². The summed E-state index contributed by atoms with van der Waals surface area (Å²) in [6.45, 7) is 1.84. The molecule has 38 heavy (non-hydrogen) atoms. The zero-order valence-corrected chi connectivity index (χ0v) is 20.7. The number of carbonyl (C=O) groups is 1. The van der Waals surface area contributed by atoms with Gasteiger partial charge < -0.3 is 14.7 Å². The molecule has 0 radical (unpaired) electrons. The molecule has 7 rings (SSSR count). The molecule has 2 aromatic carbocycles. The number of amides is 1. The standard InChI is InChI=1S/C29H27F2N3O4/c30-23-6-5-22-20(25(23)31)14-19-13-18-3-1-2-4-21(18)29(19,22)34-16-32(15-17-8-11-38-12-9-17)28(37)26-27(36)24(35)7-10-33(26)34/h1-7,10,17,19,36H,8-9,11-16H2. The lowest BCUT2D eigenvalue weighted by Gasteiger charge is -2.51. The highest BCUT2D eigenvalue weighted by molar-refractivity contribution is 5.96. The Morgan fingerprint density at radius 1 is 1.00 bits per heavy atom. The van der Waals surface area contributed by atoms with Crippen molar-refractivity contribution in [3.63, 3.8) is 0 Å². The number of carbonyl (C=O) groups excluding carboxylic acids is 1. The van der Waals surface area contributed by atoms with Crippen LogP contribution < -0.4 is 10.4 Å². The first-order chi connectivity index (χ1) is 18.4. The van der Waals surface area contributed by atoms with Crippen LogP contribution in [0.25, 0.3) is 0 Å². The van der Waals surface area contributed by atoms with Gasteiger partial charge in [0, 0.05) is 37.9 Å². The first kappa shape index (κ1) is 23.4. The lowest BCUT2D eigenvalue weighted by Crippen LogP contribution is -2.63. The average molecular weight is 520 g/mol. The van der Waals surface area contributed by atoms with Gasteiger partial charge >= 0.3 is 0 Å². The molecule has 2 aliphatic heterocycles. The summed E-state index contributed by atoms with van der Waals surface area (Å²) < 4.78 is 36.7. The van der Waals surface area contributed by atoms with E-state index in [4.69, 9.17) is 4.74 Å². The van der Waals surface area contributed by atoms with Crippen LogP contribution in [0.3, 0.4) is 0 Å². The van der Waals surface area contributed by atoms with Crippen molar-refractivity contribution in [1.82, 2.24) is 9.58 Å². The van der Waals surface area contributed by atoms with E-state index in [9.17, 15) is 19.1 Å². The van der Waals surface area contributed by atoms with E-state index in [1.54, 1.807) is 15.6 Å². The Hall–Kier alpha value is -3.72. The molecule has 7 nitrogen and oxygen atoms in total. The van der Waals surface area contributed by atoms with E-state index in [0.29, 0.717) is 43.7 Å². The molecule has 1 amide bonds. The monoisotopic (exact) mass is 519 g/mol. The molecular formula is C29H27F2N3O4. The Kier molecular flexibility index (Phi) is 5.17. The van der Waals surface area contributed by atoms with Crippen molar-refractivity contribution in [3.8, 4) is 5.75 Å². The summed E-state index contributed by atoms with van der Waals surface area (Å²) in [7, 11) is 0. The molecule has 4 aliphatic rings. The van der Waals surface area contributed by atoms with E-state index in [1.807, 2.05) is 29.3 Å². The fourth-order valence-corrected chi connectivity index (χ4v) is 7.20. The van der Waals surface area contributed by atoms with Crippen LogP contribution in [0.1, 0.15) is 45.6 Å². The maximum Gasteiger partial charge on any atom is 0.277 e. The van der Waals surface area contributed by atoms with Crippen LogP contribution in [0.15, 0.2) is 53.5 Å². The third-order valence-electron chi connectivity index (χ3n) is 8.88. The minimum atomic E-state index is -0.925. The molecular weight excluding hydrogens is 492 g/mol. The number of pyridine rings is 1. The van der Waals surface area contributed by atoms with E-state index in [-0.39, 0.29) is 24.2 Å². The number of hydrogen-bond acceptors (Lipinski definition) is 5. The van der Waals surface area contributed by atoms with E-state index in [0.717, 1.165) is 30.0 Å². The summed E-state index contributed by atoms with van der Waals surface area (Å²) in [5.74, 6) is -2.69. The number of hydrogen-bond donors (Lipinski definition) is 1. The Labute approximate surface area is 217 Å². The predicted octanol–water partition coefficient (Wildman–Crippen LogP) is 3.28. The highest BCUT2D eigenvalue weighted by atomic mass is 19.2. The lowest BCUT2D eigenvalue weighted by atomic mass is 9.81. The molecule has 196 valence electrons. The number of fused-ring (bicyclic) bond motifs is 6. The quantitative estimate of drug-likeness (QED) is 0.575. The van der Waals surface area contributed by atoms with E-state index < -0.39 is 34.3 Å². The molecule has 9 heteroatoms. The summed E-state index contributed by atoms with van der Waals surface area (Å²) in [6.07, 6.45) is 4.10. The maximum atomic E-state index is 15.2. The van der Waals surface area contributed by atoms with Crippen LogP contribution in [0, 0.1) is 23.5 Å². The third-order valence-corrected chi connectivity index (χ3v) is 8.88. The van der Waals surface area contributed by atoms with Crippen molar-refractivity contribution in [3.05, 3.63) is 98.5 Å². The fraction of sp³-hybridized carbons (Fsp3) is 0.379. The van der Waals surface area contributed by atoms with Gasteiger partial charge in [-0.2, -0.15) is 0 Å². The van der Waals surface area contributed by atoms with Gasteiger partial charge in [-0.05, 0) is 59.9 Å². The van der Waals surface area contributed by atoms with Gasteiger partial charge in [-0.15, -0.1) is 0 Å². The molecule has 1 aromatic heterocycles. The molecule has 3 aromatic rings. The number of aromatic hydroxyl groups is 1. The van der Waals surface area contributed by atoms with Crippen LogP contribution in [-0.4, -0.2) is 47.0 Å². The number of aromatic nitrogens is 1. The van der Waals surface area contributed by atoms with Crippen molar-refractivity contribution in [2.24, 2.45) is 11.8 Å². The SMILES string of the molecule is O=C1c2c(O)c(=O)ccn2N(C23c4ccccc4CC2Cc2c3ccc(F)c2F)CN1CC1CCOCC1. The number of halogens is 2. The minimum absolute atomic E-state index is 0.107. The van der Waals surface area contributed by atoms with Crippen LogP contribution in [0.4, 0.5) is 8.78 Å². The van der Waals surface area contributed by atoms with Gasteiger partial charge in [0.05, 0.1) is 0 Å². The number of nitrogens with zero attached hydrogens (tertiary/aromatic N) is 3. The highest BCUT2D eigenvalue weighted by Gasteiger charge is 2.59. The summed E-state index contributed by atoms with van der Waals surface area (Å²) in [4.78, 5) is 27.9. The van der Waals surface area contributed by atoms with Crippen LogP contribution in [0.5, 0.6) is 5.75 Å². The highest BCUT2D eigenvalue weighted by Crippen LogP contribution is 2.57. The van der Waals surface area contributed by atoms with Crippen LogP contribution in [0.2, 0.25) is 0 Å². The van der Waals surface area contributed by atoms with Gasteiger partial charge in [0.2, 0.25) is 5.43 Å². The first-order valence-corrected chi connectivity index (χ1v) is 13.1. The van der Waals surface area contributed by atoms with Crippen molar-refractivity contribution < 1.29 is 23.4 Å². The summed E-state index contributed by atoms with van der Waals surface area (Å²) in [5.41, 5.74) is 1.38. The van der Waals surface area contributed by atoms with Gasteiger partial charge in [0.1, 0.15) is 12.2 Å². The molecule has 0 spiro atoms. The van der Waals surface area contributed by atoms with Gasteiger partial charge in [-0.1, -0.05) is 30.3 Å². The Morgan fingerprint density at radius 3 is 2.61 bits per heavy atom. The van der Waals surface area contributed by atoms with Crippen molar-refractivity contribution in [2.75, 3.05) is 31.4 Å². The Bertz CT molecular complexity index is 1530. The topological polar surface area (TPSA) is 75.0 Å². The first-order valence-electron chi connectivity index (χ1n) is 13.1. The molecule has 0 saturated carbocycles. The third kappa shape index (κ3) is 3.08. The van der Waals surface area contributed by atoms with Gasteiger partial charge in [0.15, 0.2) is 23.1 Å². The number of rotatable bonds is 3. The Morgan fingerprint density at radius 2 is 1.79 bits per heavy atom. The molecule has 0 bridgehead atoms. The van der Waals surface area contributed by atoms with E-state index in [1.165, 1.54) is 12.3 Å². The lowest BCUT2D eigenvalue weighted by molar-refractivity contribution is 0.0385. The smallest absolute Gasteiger partial charge is 0.277 e. The van der Waals surface area contributed by atoms with Crippen molar-refractivity contribution in [1.29, 1.82) is 0 Å². The summed E-state index contributed by atoms with van der Waals surface area (Å²) in [5, 5.41) is 12.8. The normalized spacial score (nSPS) is 24.3. The Balaban J connectivity index is 1.47. The molecule has 1 fully saturated rings. The van der Waals surface area contributed by atoms with Crippen molar-refractivity contribution >= 4 is 5.91 Å². The second kappa shape index (κ2) is 8.39. The summed E-state index contributed by atoms with van der Waals surface area (Å²) >= 11 is 0. The summed E-state index contributed by atoms with van der Waals surface area (Å²) in [6, 6.07) is 12.0. The molecule has 2 aliphatic carbocycles. The molecule has 2 unspecified atom stereocenters. The number of benzene rings is 2. The predicted molar refractivity (Wildman–Crippen MR) is 135 cm³/mol. The molecule has 2 atom stereocenters. The number of ether oxygens (including phenoxy) is 1. The minimum Gasteiger partial charge on any atom is -0.502 e. The second-order valence-electron chi connectivity index (χ2n) is 10.8. The second-order valence-corrected chi connectivity index (χ2v) is 10.8. The molecule has 1 saturated heterocycles. The zero-order chi connectivity index (χ0) is 26.2. The van der Waals surface area contributed by atoms with E-state index in [2.05, 4.69) is 0 Å². The maximum absolute atomic E-state index is 15.2. The average Bonchev–Trinajstić information content (AvgIpc) is 3.42.